The molecule has 2 heterocycles. The fourth-order valence-corrected chi connectivity index (χ4v) is 2.33. The molecule has 0 aromatic carbocycles. The standard InChI is InChI=1S/C8H10ClN3S.2ClH/c9-7-6(12-8(10)13-7)5-2-1-3-11-4-5;;/h2,11H,1,3-4H2,(H2,10,12);2*1H. The topological polar surface area (TPSA) is 50.9 Å². The van der Waals surface area contributed by atoms with E-state index in [-0.39, 0.29) is 24.8 Å². The Morgan fingerprint density at radius 1 is 1.47 bits per heavy atom. The summed E-state index contributed by atoms with van der Waals surface area (Å²) in [5.74, 6) is 0. The molecule has 1 aliphatic rings. The first-order valence-electron chi connectivity index (χ1n) is 4.09. The third-order valence-electron chi connectivity index (χ3n) is 1.93. The molecule has 3 N–H and O–H groups in total. The largest absolute Gasteiger partial charge is 0.375 e. The normalized spacial score (nSPS) is 14.9. The van der Waals surface area contributed by atoms with Crippen LogP contribution in [-0.4, -0.2) is 18.1 Å². The minimum absolute atomic E-state index is 0. The number of halogens is 3. The molecule has 0 atom stereocenters. The Kier molecular flexibility index (Phi) is 6.55. The number of hydrogen-bond acceptors (Lipinski definition) is 4. The number of nitrogens with two attached hydrogens (primary N) is 1. The van der Waals surface area contributed by atoms with Crippen molar-refractivity contribution in [3.63, 3.8) is 0 Å². The molecule has 0 amide bonds. The Morgan fingerprint density at radius 3 is 2.67 bits per heavy atom. The highest BCUT2D eigenvalue weighted by molar-refractivity contribution is 7.19. The van der Waals surface area contributed by atoms with E-state index in [1.807, 2.05) is 0 Å². The number of hydrogen-bond donors (Lipinski definition) is 2. The maximum absolute atomic E-state index is 5.99. The van der Waals surface area contributed by atoms with E-state index in [0.717, 1.165) is 30.8 Å². The van der Waals surface area contributed by atoms with Gasteiger partial charge in [-0.3, -0.25) is 0 Å². The summed E-state index contributed by atoms with van der Waals surface area (Å²) in [7, 11) is 0. The molecule has 0 radical (unpaired) electrons. The quantitative estimate of drug-likeness (QED) is 0.835. The second-order valence-electron chi connectivity index (χ2n) is 2.87. The van der Waals surface area contributed by atoms with E-state index >= 15 is 0 Å². The van der Waals surface area contributed by atoms with Gasteiger partial charge in [-0.15, -0.1) is 24.8 Å². The van der Waals surface area contributed by atoms with Crippen molar-refractivity contribution in [1.29, 1.82) is 0 Å². The third kappa shape index (κ3) is 3.50. The van der Waals surface area contributed by atoms with E-state index in [0.29, 0.717) is 9.47 Å². The van der Waals surface area contributed by atoms with Gasteiger partial charge in [-0.1, -0.05) is 29.0 Å². The zero-order chi connectivity index (χ0) is 9.26. The van der Waals surface area contributed by atoms with Crippen molar-refractivity contribution in [3.05, 3.63) is 16.1 Å². The van der Waals surface area contributed by atoms with Crippen LogP contribution in [0.5, 0.6) is 0 Å². The summed E-state index contributed by atoms with van der Waals surface area (Å²) < 4.78 is 0.687. The molecule has 1 aromatic heterocycles. The number of nitrogens with one attached hydrogen (secondary N) is 1. The van der Waals surface area contributed by atoms with Crippen molar-refractivity contribution in [1.82, 2.24) is 10.3 Å². The van der Waals surface area contributed by atoms with Crippen LogP contribution >= 0.6 is 47.8 Å². The summed E-state index contributed by atoms with van der Waals surface area (Å²) >= 11 is 7.31. The second-order valence-corrected chi connectivity index (χ2v) is 4.50. The van der Waals surface area contributed by atoms with Gasteiger partial charge in [-0.25, -0.2) is 4.98 Å². The number of thiazole rings is 1. The lowest BCUT2D eigenvalue weighted by Crippen LogP contribution is -2.21. The first-order valence-corrected chi connectivity index (χ1v) is 5.29. The van der Waals surface area contributed by atoms with Crippen molar-refractivity contribution in [2.45, 2.75) is 6.42 Å². The van der Waals surface area contributed by atoms with Crippen LogP contribution in [0.2, 0.25) is 4.34 Å². The maximum atomic E-state index is 5.99. The van der Waals surface area contributed by atoms with Crippen LogP contribution in [-0.2, 0) is 0 Å². The Bertz CT molecular complexity index is 351. The predicted octanol–water partition coefficient (Wildman–Crippen LogP) is 2.60. The van der Waals surface area contributed by atoms with Crippen LogP contribution in [0.25, 0.3) is 5.57 Å². The molecule has 0 fully saturated rings. The van der Waals surface area contributed by atoms with Crippen LogP contribution in [0.15, 0.2) is 6.08 Å². The average molecular weight is 289 g/mol. The van der Waals surface area contributed by atoms with E-state index < -0.39 is 0 Å². The maximum Gasteiger partial charge on any atom is 0.182 e. The van der Waals surface area contributed by atoms with Crippen molar-refractivity contribution in [2.75, 3.05) is 18.8 Å². The number of anilines is 1. The van der Waals surface area contributed by atoms with Crippen molar-refractivity contribution in [3.8, 4) is 0 Å². The molecule has 2 rings (SSSR count). The summed E-state index contributed by atoms with van der Waals surface area (Å²) in [6.07, 6.45) is 3.19. The zero-order valence-electron chi connectivity index (χ0n) is 7.83. The van der Waals surface area contributed by atoms with Crippen molar-refractivity contribution >= 4 is 58.5 Å². The summed E-state index contributed by atoms with van der Waals surface area (Å²) in [6.45, 7) is 1.86. The fourth-order valence-electron chi connectivity index (χ4n) is 1.34. The third-order valence-corrected chi connectivity index (χ3v) is 3.02. The number of rotatable bonds is 1. The molecule has 15 heavy (non-hydrogen) atoms. The van der Waals surface area contributed by atoms with Gasteiger partial charge in [-0.2, -0.15) is 0 Å². The molecular weight excluding hydrogens is 277 g/mol. The Hall–Kier alpha value is -0.0000000000000000278. The van der Waals surface area contributed by atoms with E-state index in [9.17, 15) is 0 Å². The highest BCUT2D eigenvalue weighted by atomic mass is 35.5. The average Bonchev–Trinajstić information content (AvgIpc) is 2.47. The lowest BCUT2D eigenvalue weighted by Gasteiger charge is -2.12. The number of nitrogen functional groups attached to an aromatic ring is 1. The highest BCUT2D eigenvalue weighted by Crippen LogP contribution is 2.31. The lowest BCUT2D eigenvalue weighted by atomic mass is 10.1. The van der Waals surface area contributed by atoms with Gasteiger partial charge < -0.3 is 11.1 Å². The number of nitrogens with zero attached hydrogens (tertiary/aromatic N) is 1. The lowest BCUT2D eigenvalue weighted by molar-refractivity contribution is 0.738. The van der Waals surface area contributed by atoms with Crippen LogP contribution in [0, 0.1) is 0 Å². The molecule has 0 aliphatic carbocycles. The van der Waals surface area contributed by atoms with Gasteiger partial charge in [0.05, 0.1) is 5.69 Å². The molecule has 1 aliphatic heterocycles. The predicted molar refractivity (Wildman–Crippen MR) is 71.5 cm³/mol. The van der Waals surface area contributed by atoms with Gasteiger partial charge in [-0.05, 0) is 18.5 Å². The molecule has 1 aromatic rings. The first kappa shape index (κ1) is 15.0. The SMILES string of the molecule is Cl.Cl.Nc1nc(C2=CCCNC2)c(Cl)s1. The molecular formula is C8H12Cl3N3S. The summed E-state index contributed by atoms with van der Waals surface area (Å²) in [5.41, 5.74) is 7.56. The summed E-state index contributed by atoms with van der Waals surface area (Å²) in [4.78, 5) is 4.19. The monoisotopic (exact) mass is 287 g/mol. The summed E-state index contributed by atoms with van der Waals surface area (Å²) in [5, 5.41) is 3.80. The van der Waals surface area contributed by atoms with Crippen LogP contribution in [0.1, 0.15) is 12.1 Å². The molecule has 0 saturated heterocycles. The zero-order valence-corrected chi connectivity index (χ0v) is 11.0. The molecule has 0 bridgehead atoms. The number of aromatic nitrogens is 1. The van der Waals surface area contributed by atoms with Gasteiger partial charge in [0.25, 0.3) is 0 Å². The van der Waals surface area contributed by atoms with Crippen LogP contribution < -0.4 is 11.1 Å². The fraction of sp³-hybridized carbons (Fsp3) is 0.375. The van der Waals surface area contributed by atoms with Crippen molar-refractivity contribution < 1.29 is 0 Å². The van der Waals surface area contributed by atoms with Gasteiger partial charge in [0.2, 0.25) is 0 Å². The van der Waals surface area contributed by atoms with Crippen molar-refractivity contribution in [2.24, 2.45) is 0 Å². The molecule has 3 nitrogen and oxygen atoms in total. The molecule has 0 saturated carbocycles. The van der Waals surface area contributed by atoms with E-state index in [1.54, 1.807) is 0 Å². The van der Waals surface area contributed by atoms with E-state index in [4.69, 9.17) is 17.3 Å². The minimum atomic E-state index is 0. The van der Waals surface area contributed by atoms with Gasteiger partial charge >= 0.3 is 0 Å². The van der Waals surface area contributed by atoms with Gasteiger partial charge in [0.1, 0.15) is 4.34 Å². The molecule has 0 spiro atoms. The first-order chi connectivity index (χ1) is 6.27. The summed E-state index contributed by atoms with van der Waals surface area (Å²) in [6, 6.07) is 0. The van der Waals surface area contributed by atoms with Gasteiger partial charge in [0.15, 0.2) is 5.13 Å². The van der Waals surface area contributed by atoms with Crippen LogP contribution in [0.4, 0.5) is 5.13 Å². The second kappa shape index (κ2) is 6.55. The Balaban J connectivity index is 0.000000980. The highest BCUT2D eigenvalue weighted by Gasteiger charge is 2.13. The molecule has 7 heteroatoms. The Morgan fingerprint density at radius 2 is 2.20 bits per heavy atom. The van der Waals surface area contributed by atoms with Gasteiger partial charge in [0, 0.05) is 6.54 Å². The van der Waals surface area contributed by atoms with E-state index in [1.165, 1.54) is 11.3 Å². The molecule has 0 unspecified atom stereocenters. The molecule has 86 valence electrons. The van der Waals surface area contributed by atoms with E-state index in [2.05, 4.69) is 16.4 Å². The van der Waals surface area contributed by atoms with Crippen LogP contribution in [0.3, 0.4) is 0 Å². The Labute approximate surface area is 110 Å². The minimum Gasteiger partial charge on any atom is -0.375 e. The smallest absolute Gasteiger partial charge is 0.182 e.